The van der Waals surface area contributed by atoms with E-state index in [9.17, 15) is 4.57 Å². The normalized spacial score (nSPS) is 11.5. The van der Waals surface area contributed by atoms with E-state index in [1.54, 1.807) is 14.2 Å². The molecule has 0 atom stereocenters. The van der Waals surface area contributed by atoms with E-state index in [2.05, 4.69) is 13.8 Å². The second kappa shape index (κ2) is 8.39. The predicted molar refractivity (Wildman–Crippen MR) is 101 cm³/mol. The first-order chi connectivity index (χ1) is 11.5. The Hall–Kier alpha value is -1.73. The van der Waals surface area contributed by atoms with E-state index in [-0.39, 0.29) is 0 Å². The highest BCUT2D eigenvalue weighted by molar-refractivity contribution is 7.62. The van der Waals surface area contributed by atoms with Crippen LogP contribution in [0.15, 0.2) is 48.5 Å². The van der Waals surface area contributed by atoms with Gasteiger partial charge in [-0.25, -0.2) is 0 Å². The molecular weight excluding hydrogens is 319 g/mol. The summed E-state index contributed by atoms with van der Waals surface area (Å²) in [5.74, 6) is 1.99. The monoisotopic (exact) mass is 346 g/mol. The Labute approximate surface area is 145 Å². The van der Waals surface area contributed by atoms with Gasteiger partial charge in [0.05, 0.1) is 21.4 Å². The van der Waals surface area contributed by atoms with Crippen molar-refractivity contribution in [3.05, 3.63) is 59.7 Å². The van der Waals surface area contributed by atoms with Crippen LogP contribution < -0.4 is 9.47 Å². The van der Waals surface area contributed by atoms with Gasteiger partial charge in [0.2, 0.25) is 0 Å². The minimum absolute atomic E-state index is 0.375. The number of ether oxygens (including phenoxy) is 2. The van der Waals surface area contributed by atoms with Crippen molar-refractivity contribution >= 4 is 7.14 Å². The largest absolute Gasteiger partial charge is 0.496 e. The van der Waals surface area contributed by atoms with Crippen LogP contribution in [0.2, 0.25) is 0 Å². The van der Waals surface area contributed by atoms with Crippen LogP contribution in [0.3, 0.4) is 0 Å². The standard InChI is InChI=1S/C20H27O3P/c1-16(2)13-24(21,14-17-9-5-7-11-19(17)22-3)15-18-10-6-8-12-20(18)23-4/h5-12,16H,13-15H2,1-4H3. The van der Waals surface area contributed by atoms with Gasteiger partial charge < -0.3 is 14.0 Å². The van der Waals surface area contributed by atoms with Gasteiger partial charge >= 0.3 is 0 Å². The van der Waals surface area contributed by atoms with Crippen molar-refractivity contribution in [3.8, 4) is 11.5 Å². The summed E-state index contributed by atoms with van der Waals surface area (Å²) in [7, 11) is 0.859. The number of methoxy groups -OCH3 is 2. The molecule has 0 heterocycles. The van der Waals surface area contributed by atoms with E-state index in [0.717, 1.165) is 22.6 Å². The van der Waals surface area contributed by atoms with Crippen LogP contribution in [0, 0.1) is 5.92 Å². The zero-order valence-corrected chi connectivity index (χ0v) is 15.9. The summed E-state index contributed by atoms with van der Waals surface area (Å²) in [5.41, 5.74) is 2.03. The van der Waals surface area contributed by atoms with Crippen LogP contribution >= 0.6 is 7.14 Å². The van der Waals surface area contributed by atoms with Crippen molar-refractivity contribution in [1.82, 2.24) is 0 Å². The molecular formula is C20H27O3P. The lowest BCUT2D eigenvalue weighted by atomic mass is 10.2. The van der Waals surface area contributed by atoms with E-state index < -0.39 is 7.14 Å². The van der Waals surface area contributed by atoms with Gasteiger partial charge in [0, 0.05) is 29.6 Å². The molecule has 2 aromatic rings. The Morgan fingerprint density at radius 3 is 1.62 bits per heavy atom. The second-order valence-corrected chi connectivity index (χ2v) is 9.69. The fourth-order valence-corrected chi connectivity index (χ4v) is 6.60. The summed E-state index contributed by atoms with van der Waals surface area (Å²) in [4.78, 5) is 0. The summed E-state index contributed by atoms with van der Waals surface area (Å²) in [6.45, 7) is 4.24. The second-order valence-electron chi connectivity index (χ2n) is 6.57. The van der Waals surface area contributed by atoms with E-state index >= 15 is 0 Å². The molecule has 24 heavy (non-hydrogen) atoms. The lowest BCUT2D eigenvalue weighted by Crippen LogP contribution is -2.05. The molecule has 0 unspecified atom stereocenters. The zero-order chi connectivity index (χ0) is 17.6. The first-order valence-corrected chi connectivity index (χ1v) is 10.5. The highest BCUT2D eigenvalue weighted by Crippen LogP contribution is 2.55. The fraction of sp³-hybridized carbons (Fsp3) is 0.400. The molecule has 0 fully saturated rings. The smallest absolute Gasteiger partial charge is 0.122 e. The third-order valence-corrected chi connectivity index (χ3v) is 7.23. The van der Waals surface area contributed by atoms with Gasteiger partial charge in [-0.3, -0.25) is 0 Å². The van der Waals surface area contributed by atoms with Crippen LogP contribution in [0.1, 0.15) is 25.0 Å². The summed E-state index contributed by atoms with van der Waals surface area (Å²) in [6, 6.07) is 15.7. The molecule has 2 aromatic carbocycles. The van der Waals surface area contributed by atoms with Gasteiger partial charge in [-0.2, -0.15) is 0 Å². The molecule has 0 N–H and O–H groups in total. The number of hydrogen-bond donors (Lipinski definition) is 0. The summed E-state index contributed by atoms with van der Waals surface area (Å²) < 4.78 is 24.7. The van der Waals surface area contributed by atoms with Crippen LogP contribution in [0.25, 0.3) is 0 Å². The van der Waals surface area contributed by atoms with E-state index in [0.29, 0.717) is 24.4 Å². The van der Waals surface area contributed by atoms with Crippen molar-refractivity contribution in [2.24, 2.45) is 5.92 Å². The zero-order valence-electron chi connectivity index (χ0n) is 15.0. The van der Waals surface area contributed by atoms with Crippen molar-refractivity contribution in [3.63, 3.8) is 0 Å². The maximum Gasteiger partial charge on any atom is 0.122 e. The minimum Gasteiger partial charge on any atom is -0.496 e. The lowest BCUT2D eigenvalue weighted by molar-refractivity contribution is 0.410. The molecule has 0 aliphatic rings. The minimum atomic E-state index is -2.46. The number of rotatable bonds is 8. The Balaban J connectivity index is 2.34. The van der Waals surface area contributed by atoms with Crippen LogP contribution in [0.4, 0.5) is 0 Å². The molecule has 0 amide bonds. The van der Waals surface area contributed by atoms with Gasteiger partial charge in [-0.15, -0.1) is 0 Å². The third-order valence-electron chi connectivity index (χ3n) is 4.00. The Bertz CT molecular complexity index is 656. The number of benzene rings is 2. The Morgan fingerprint density at radius 1 is 0.833 bits per heavy atom. The number of para-hydroxylation sites is 2. The van der Waals surface area contributed by atoms with E-state index in [1.165, 1.54) is 0 Å². The topological polar surface area (TPSA) is 35.5 Å². The average molecular weight is 346 g/mol. The molecule has 2 rings (SSSR count). The van der Waals surface area contributed by atoms with Crippen molar-refractivity contribution in [2.75, 3.05) is 20.4 Å². The quantitative estimate of drug-likeness (QED) is 0.599. The Kier molecular flexibility index (Phi) is 6.51. The molecule has 0 saturated heterocycles. The van der Waals surface area contributed by atoms with E-state index in [4.69, 9.17) is 9.47 Å². The molecule has 0 radical (unpaired) electrons. The van der Waals surface area contributed by atoms with Gasteiger partial charge in [0.1, 0.15) is 11.5 Å². The summed E-state index contributed by atoms with van der Waals surface area (Å²) in [6.07, 6.45) is 1.81. The van der Waals surface area contributed by atoms with Gasteiger partial charge in [0.25, 0.3) is 0 Å². The molecule has 130 valence electrons. The van der Waals surface area contributed by atoms with Crippen LogP contribution in [0.5, 0.6) is 11.5 Å². The SMILES string of the molecule is COc1ccccc1CP(=O)(Cc1ccccc1OC)CC(C)C. The molecule has 0 aliphatic heterocycles. The molecule has 0 aliphatic carbocycles. The lowest BCUT2D eigenvalue weighted by Gasteiger charge is -2.22. The first-order valence-electron chi connectivity index (χ1n) is 8.28. The van der Waals surface area contributed by atoms with Crippen LogP contribution in [-0.2, 0) is 16.9 Å². The fourth-order valence-electron chi connectivity index (χ4n) is 3.14. The highest BCUT2D eigenvalue weighted by Gasteiger charge is 2.27. The first kappa shape index (κ1) is 18.6. The molecule has 0 spiro atoms. The van der Waals surface area contributed by atoms with Gasteiger partial charge in [0.15, 0.2) is 0 Å². The highest BCUT2D eigenvalue weighted by atomic mass is 31.2. The number of hydrogen-bond acceptors (Lipinski definition) is 3. The summed E-state index contributed by atoms with van der Waals surface area (Å²) >= 11 is 0. The molecule has 0 aromatic heterocycles. The Morgan fingerprint density at radius 2 is 1.25 bits per heavy atom. The predicted octanol–water partition coefficient (Wildman–Crippen LogP) is 5.42. The van der Waals surface area contributed by atoms with E-state index in [1.807, 2.05) is 48.5 Å². The maximum absolute atomic E-state index is 13.8. The maximum atomic E-state index is 13.8. The summed E-state index contributed by atoms with van der Waals surface area (Å²) in [5, 5.41) is 0. The van der Waals surface area contributed by atoms with Crippen molar-refractivity contribution in [1.29, 1.82) is 0 Å². The van der Waals surface area contributed by atoms with Crippen LogP contribution in [-0.4, -0.2) is 20.4 Å². The molecule has 0 saturated carbocycles. The average Bonchev–Trinajstić information content (AvgIpc) is 2.54. The van der Waals surface area contributed by atoms with Gasteiger partial charge in [-0.1, -0.05) is 50.2 Å². The van der Waals surface area contributed by atoms with Crippen molar-refractivity contribution in [2.45, 2.75) is 26.2 Å². The third kappa shape index (κ3) is 4.88. The van der Waals surface area contributed by atoms with Gasteiger partial charge in [-0.05, 0) is 18.1 Å². The molecule has 3 nitrogen and oxygen atoms in total. The van der Waals surface area contributed by atoms with Crippen molar-refractivity contribution < 1.29 is 14.0 Å². The molecule has 0 bridgehead atoms. The molecule has 4 heteroatoms.